The van der Waals surface area contributed by atoms with Crippen molar-refractivity contribution in [3.63, 3.8) is 0 Å². The maximum atomic E-state index is 11.8. The largest absolute Gasteiger partial charge is 0.290 e. The van der Waals surface area contributed by atoms with E-state index in [0.717, 1.165) is 18.4 Å². The Kier molecular flexibility index (Phi) is 9.59. The summed E-state index contributed by atoms with van der Waals surface area (Å²) in [6.07, 6.45) is 19.8. The molecule has 0 spiro atoms. The predicted molar refractivity (Wildman–Crippen MR) is 136 cm³/mol. The topological polar surface area (TPSA) is 34.1 Å². The molecule has 0 heterocycles. The lowest BCUT2D eigenvalue weighted by Crippen LogP contribution is -2.13. The fourth-order valence-corrected chi connectivity index (χ4v) is 3.67. The molecule has 0 saturated heterocycles. The van der Waals surface area contributed by atoms with Gasteiger partial charge in [0, 0.05) is 11.5 Å². The van der Waals surface area contributed by atoms with E-state index in [1.807, 2.05) is 30.3 Å². The molecule has 0 saturated carbocycles. The Morgan fingerprint density at radius 1 is 1.00 bits per heavy atom. The molecule has 168 valence electrons. The Morgan fingerprint density at radius 3 is 2.41 bits per heavy atom. The Labute approximate surface area is 193 Å². The standard InChI is InChI=1S/C15H12O2.C15H24/c1-2-13(11-6-4-3-5-7-11)14-10-12(16)8-9-15(14)17;1-13-7-5-8-14(2)10-12-15(3,4)11-6-9-13/h2-10,13H,1H2;6-7,10-11H,5,8-9,12H2,1-4H3. The van der Waals surface area contributed by atoms with Crippen molar-refractivity contribution in [3.05, 3.63) is 108 Å². The van der Waals surface area contributed by atoms with E-state index in [1.54, 1.807) is 6.08 Å². The number of carbonyl (C=O) groups is 2. The van der Waals surface area contributed by atoms with Gasteiger partial charge in [0.1, 0.15) is 0 Å². The summed E-state index contributed by atoms with van der Waals surface area (Å²) in [5.74, 6) is -0.502. The molecule has 3 rings (SSSR count). The predicted octanol–water partition coefficient (Wildman–Crippen LogP) is 7.63. The van der Waals surface area contributed by atoms with Crippen molar-refractivity contribution in [2.75, 3.05) is 0 Å². The molecule has 1 unspecified atom stereocenters. The minimum Gasteiger partial charge on any atom is -0.290 e. The molecular weight excluding hydrogens is 392 g/mol. The van der Waals surface area contributed by atoms with Crippen molar-refractivity contribution in [2.24, 2.45) is 5.41 Å². The summed E-state index contributed by atoms with van der Waals surface area (Å²) < 4.78 is 0. The van der Waals surface area contributed by atoms with Crippen LogP contribution in [0.5, 0.6) is 0 Å². The molecule has 0 N–H and O–H groups in total. The monoisotopic (exact) mass is 428 g/mol. The molecule has 0 amide bonds. The van der Waals surface area contributed by atoms with Crippen molar-refractivity contribution in [1.29, 1.82) is 0 Å². The summed E-state index contributed by atoms with van der Waals surface area (Å²) in [6, 6.07) is 9.55. The van der Waals surface area contributed by atoms with E-state index >= 15 is 0 Å². The Hall–Kier alpha value is -3.00. The smallest absolute Gasteiger partial charge is 0.183 e. The van der Waals surface area contributed by atoms with Crippen molar-refractivity contribution < 1.29 is 9.59 Å². The zero-order valence-electron chi connectivity index (χ0n) is 19.9. The van der Waals surface area contributed by atoms with Gasteiger partial charge in [-0.1, -0.05) is 85.7 Å². The fourth-order valence-electron chi connectivity index (χ4n) is 3.67. The van der Waals surface area contributed by atoms with Gasteiger partial charge in [-0.2, -0.15) is 0 Å². The van der Waals surface area contributed by atoms with Crippen molar-refractivity contribution in [3.8, 4) is 0 Å². The van der Waals surface area contributed by atoms with E-state index in [1.165, 1.54) is 42.2 Å². The first-order valence-electron chi connectivity index (χ1n) is 11.4. The molecule has 1 aromatic carbocycles. The van der Waals surface area contributed by atoms with E-state index < -0.39 is 0 Å². The second kappa shape index (κ2) is 12.1. The second-order valence-corrected chi connectivity index (χ2v) is 9.26. The summed E-state index contributed by atoms with van der Waals surface area (Å²) in [5.41, 5.74) is 4.79. The minimum absolute atomic E-state index is 0.127. The number of benzene rings is 1. The van der Waals surface area contributed by atoms with Gasteiger partial charge in [0.15, 0.2) is 11.6 Å². The van der Waals surface area contributed by atoms with Crippen LogP contribution in [0.2, 0.25) is 0 Å². The van der Waals surface area contributed by atoms with Crippen LogP contribution in [0.15, 0.2) is 102 Å². The van der Waals surface area contributed by atoms with E-state index in [4.69, 9.17) is 0 Å². The van der Waals surface area contributed by atoms with Crippen molar-refractivity contribution >= 4 is 11.6 Å². The van der Waals surface area contributed by atoms with Crippen LogP contribution in [0, 0.1) is 5.41 Å². The lowest BCUT2D eigenvalue weighted by molar-refractivity contribution is -0.114. The number of carbonyl (C=O) groups excluding carboxylic acids is 2. The van der Waals surface area contributed by atoms with Crippen LogP contribution >= 0.6 is 0 Å². The molecule has 2 nitrogen and oxygen atoms in total. The van der Waals surface area contributed by atoms with Crippen LogP contribution in [0.3, 0.4) is 0 Å². The SMILES string of the molecule is C=CC(C1=CC(=O)C=CC1=O)c1ccccc1.CC1=CCCC(C)=CCC(C)(C)C=CC1. The van der Waals surface area contributed by atoms with Crippen LogP contribution in [-0.2, 0) is 9.59 Å². The normalized spacial score (nSPS) is 19.4. The zero-order chi connectivity index (χ0) is 23.6. The van der Waals surface area contributed by atoms with Crippen LogP contribution < -0.4 is 0 Å². The first-order valence-corrected chi connectivity index (χ1v) is 11.4. The van der Waals surface area contributed by atoms with E-state index in [-0.39, 0.29) is 17.5 Å². The van der Waals surface area contributed by atoms with Gasteiger partial charge in [0.25, 0.3) is 0 Å². The molecule has 0 aromatic heterocycles. The number of hydrogen-bond donors (Lipinski definition) is 0. The van der Waals surface area contributed by atoms with Crippen LogP contribution in [-0.4, -0.2) is 11.6 Å². The highest BCUT2D eigenvalue weighted by Crippen LogP contribution is 2.28. The molecule has 0 bridgehead atoms. The zero-order valence-corrected chi connectivity index (χ0v) is 19.9. The summed E-state index contributed by atoms with van der Waals surface area (Å²) in [7, 11) is 0. The second-order valence-electron chi connectivity index (χ2n) is 9.26. The quantitative estimate of drug-likeness (QED) is 0.366. The van der Waals surface area contributed by atoms with Crippen molar-refractivity contribution in [2.45, 2.75) is 59.3 Å². The van der Waals surface area contributed by atoms with E-state index in [0.29, 0.717) is 11.0 Å². The summed E-state index contributed by atoms with van der Waals surface area (Å²) >= 11 is 0. The van der Waals surface area contributed by atoms with Crippen LogP contribution in [0.25, 0.3) is 0 Å². The van der Waals surface area contributed by atoms with Gasteiger partial charge in [0.2, 0.25) is 0 Å². The van der Waals surface area contributed by atoms with E-state index in [9.17, 15) is 9.59 Å². The van der Waals surface area contributed by atoms with Gasteiger partial charge >= 0.3 is 0 Å². The average Bonchev–Trinajstić information content (AvgIpc) is 2.78. The first-order chi connectivity index (χ1) is 15.2. The third-order valence-corrected chi connectivity index (χ3v) is 5.73. The van der Waals surface area contributed by atoms with Gasteiger partial charge in [-0.05, 0) is 68.7 Å². The molecule has 0 aliphatic heterocycles. The molecule has 2 aliphatic carbocycles. The van der Waals surface area contributed by atoms with Gasteiger partial charge in [-0.3, -0.25) is 9.59 Å². The Bertz CT molecular complexity index is 965. The van der Waals surface area contributed by atoms with Crippen LogP contribution in [0.4, 0.5) is 0 Å². The van der Waals surface area contributed by atoms with Gasteiger partial charge in [0.05, 0.1) is 0 Å². The number of allylic oxidation sites excluding steroid dienone is 11. The first kappa shape index (κ1) is 25.3. The summed E-state index contributed by atoms with van der Waals surface area (Å²) in [5, 5.41) is 0. The lowest BCUT2D eigenvalue weighted by atomic mass is 9.86. The molecule has 0 fully saturated rings. The molecule has 2 heteroatoms. The lowest BCUT2D eigenvalue weighted by Gasteiger charge is -2.18. The van der Waals surface area contributed by atoms with Gasteiger partial charge < -0.3 is 0 Å². The number of ketones is 2. The molecular formula is C30H36O2. The summed E-state index contributed by atoms with van der Waals surface area (Å²) in [6.45, 7) is 12.8. The number of hydrogen-bond acceptors (Lipinski definition) is 2. The van der Waals surface area contributed by atoms with E-state index in [2.05, 4.69) is 58.6 Å². The third kappa shape index (κ3) is 8.26. The fraction of sp³-hybridized carbons (Fsp3) is 0.333. The highest BCUT2D eigenvalue weighted by atomic mass is 16.1. The van der Waals surface area contributed by atoms with Crippen molar-refractivity contribution in [1.82, 2.24) is 0 Å². The van der Waals surface area contributed by atoms with Gasteiger partial charge in [-0.25, -0.2) is 0 Å². The Balaban J connectivity index is 0.000000229. The molecule has 32 heavy (non-hydrogen) atoms. The van der Waals surface area contributed by atoms with Gasteiger partial charge in [-0.15, -0.1) is 6.58 Å². The molecule has 1 atom stereocenters. The average molecular weight is 429 g/mol. The minimum atomic E-state index is -0.224. The third-order valence-electron chi connectivity index (χ3n) is 5.73. The maximum absolute atomic E-state index is 11.8. The molecule has 0 radical (unpaired) electrons. The highest BCUT2D eigenvalue weighted by molar-refractivity contribution is 6.18. The molecule has 2 aliphatic rings. The maximum Gasteiger partial charge on any atom is 0.183 e. The number of rotatable bonds is 3. The molecule has 1 aromatic rings. The highest BCUT2D eigenvalue weighted by Gasteiger charge is 2.21. The summed E-state index contributed by atoms with van der Waals surface area (Å²) in [4.78, 5) is 23.1. The Morgan fingerprint density at radius 2 is 1.72 bits per heavy atom. The van der Waals surface area contributed by atoms with Crippen LogP contribution in [0.1, 0.15) is 64.9 Å².